The summed E-state index contributed by atoms with van der Waals surface area (Å²) >= 11 is 1.76. The van der Waals surface area contributed by atoms with Crippen molar-refractivity contribution in [2.24, 2.45) is 0 Å². The minimum atomic E-state index is -0.168. The highest BCUT2D eigenvalue weighted by molar-refractivity contribution is 7.98. The van der Waals surface area contributed by atoms with Crippen molar-refractivity contribution in [2.75, 3.05) is 23.1 Å². The fourth-order valence-electron chi connectivity index (χ4n) is 1.88. The van der Waals surface area contributed by atoms with Crippen molar-refractivity contribution in [2.45, 2.75) is 19.4 Å². The molecule has 2 aromatic rings. The zero-order valence-corrected chi connectivity index (χ0v) is 11.9. The number of nitrogens with one attached hydrogen (secondary N) is 2. The van der Waals surface area contributed by atoms with Gasteiger partial charge in [-0.05, 0) is 30.9 Å². The summed E-state index contributed by atoms with van der Waals surface area (Å²) < 4.78 is 0. The molecule has 1 atom stereocenters. The van der Waals surface area contributed by atoms with Gasteiger partial charge in [-0.25, -0.2) is 4.98 Å². The van der Waals surface area contributed by atoms with E-state index in [-0.39, 0.29) is 5.56 Å². The third kappa shape index (κ3) is 3.20. The lowest BCUT2D eigenvalue weighted by molar-refractivity contribution is 0.763. The molecule has 5 nitrogen and oxygen atoms in total. The van der Waals surface area contributed by atoms with E-state index in [1.54, 1.807) is 30.0 Å². The second-order valence-electron chi connectivity index (χ2n) is 4.40. The maximum absolute atomic E-state index is 12.0. The van der Waals surface area contributed by atoms with E-state index in [1.807, 2.05) is 0 Å². The molecular formula is C13H18N4OS. The lowest BCUT2D eigenvalue weighted by atomic mass is 10.2. The van der Waals surface area contributed by atoms with Crippen LogP contribution in [0.5, 0.6) is 0 Å². The zero-order valence-electron chi connectivity index (χ0n) is 11.1. The molecule has 1 aromatic carbocycles. The molecule has 0 radical (unpaired) electrons. The molecule has 1 heterocycles. The monoisotopic (exact) mass is 278 g/mol. The second-order valence-corrected chi connectivity index (χ2v) is 5.31. The van der Waals surface area contributed by atoms with Crippen LogP contribution in [0.15, 0.2) is 23.0 Å². The number of nitrogens with two attached hydrogens (primary N) is 1. The highest BCUT2D eigenvalue weighted by Crippen LogP contribution is 2.14. The van der Waals surface area contributed by atoms with Gasteiger partial charge in [0.05, 0.1) is 10.9 Å². The van der Waals surface area contributed by atoms with Gasteiger partial charge in [-0.2, -0.15) is 11.8 Å². The van der Waals surface area contributed by atoms with Crippen LogP contribution < -0.4 is 16.6 Å². The highest BCUT2D eigenvalue weighted by Gasteiger charge is 2.09. The molecule has 0 aliphatic rings. The van der Waals surface area contributed by atoms with Crippen molar-refractivity contribution in [3.63, 3.8) is 0 Å². The van der Waals surface area contributed by atoms with Crippen molar-refractivity contribution >= 4 is 34.3 Å². The van der Waals surface area contributed by atoms with E-state index in [4.69, 9.17) is 5.73 Å². The molecule has 0 saturated heterocycles. The number of hydrogen-bond donors (Lipinski definition) is 3. The van der Waals surface area contributed by atoms with Crippen LogP contribution in [0, 0.1) is 0 Å². The first-order valence-corrected chi connectivity index (χ1v) is 7.58. The molecule has 4 N–H and O–H groups in total. The lowest BCUT2D eigenvalue weighted by Crippen LogP contribution is -2.24. The molecule has 19 heavy (non-hydrogen) atoms. The van der Waals surface area contributed by atoms with Crippen molar-refractivity contribution in [3.8, 4) is 0 Å². The largest absolute Gasteiger partial charge is 0.399 e. The van der Waals surface area contributed by atoms with E-state index in [2.05, 4.69) is 28.5 Å². The Morgan fingerprint density at radius 2 is 2.32 bits per heavy atom. The van der Waals surface area contributed by atoms with E-state index >= 15 is 0 Å². The van der Waals surface area contributed by atoms with Crippen LogP contribution in [0.4, 0.5) is 11.6 Å². The number of benzene rings is 1. The molecule has 0 fully saturated rings. The number of thioether (sulfide) groups is 1. The smallest absolute Gasteiger partial charge is 0.260 e. The predicted molar refractivity (Wildman–Crippen MR) is 82.9 cm³/mol. The molecule has 1 aromatic heterocycles. The third-order valence-corrected chi connectivity index (χ3v) is 3.67. The summed E-state index contributed by atoms with van der Waals surface area (Å²) in [5.74, 6) is 1.49. The Morgan fingerprint density at radius 3 is 3.00 bits per heavy atom. The molecule has 0 bridgehead atoms. The Labute approximate surface area is 116 Å². The number of rotatable bonds is 5. The first-order chi connectivity index (χ1) is 9.13. The average molecular weight is 278 g/mol. The van der Waals surface area contributed by atoms with E-state index < -0.39 is 0 Å². The van der Waals surface area contributed by atoms with Crippen molar-refractivity contribution in [1.82, 2.24) is 9.97 Å². The van der Waals surface area contributed by atoms with E-state index in [0.29, 0.717) is 28.6 Å². The minimum absolute atomic E-state index is 0.168. The Kier molecular flexibility index (Phi) is 4.31. The zero-order chi connectivity index (χ0) is 13.8. The Bertz CT molecular complexity index is 626. The van der Waals surface area contributed by atoms with Crippen LogP contribution in [-0.2, 0) is 0 Å². The molecule has 6 heteroatoms. The number of aromatic nitrogens is 2. The van der Waals surface area contributed by atoms with Crippen molar-refractivity contribution in [1.29, 1.82) is 0 Å². The van der Waals surface area contributed by atoms with Gasteiger partial charge in [0.1, 0.15) is 0 Å². The summed E-state index contributed by atoms with van der Waals surface area (Å²) in [5, 5.41) is 3.78. The topological polar surface area (TPSA) is 83.8 Å². The summed E-state index contributed by atoms with van der Waals surface area (Å²) in [6.07, 6.45) is 3.04. The number of fused-ring (bicyclic) bond motifs is 1. The quantitative estimate of drug-likeness (QED) is 0.729. The van der Waals surface area contributed by atoms with Crippen LogP contribution in [0.1, 0.15) is 13.3 Å². The van der Waals surface area contributed by atoms with Crippen LogP contribution >= 0.6 is 11.8 Å². The molecule has 0 saturated carbocycles. The van der Waals surface area contributed by atoms with Gasteiger partial charge in [-0.3, -0.25) is 9.78 Å². The fourth-order valence-corrected chi connectivity index (χ4v) is 2.60. The predicted octanol–water partition coefficient (Wildman–Crippen LogP) is 2.06. The summed E-state index contributed by atoms with van der Waals surface area (Å²) in [5.41, 5.74) is 6.72. The van der Waals surface area contributed by atoms with Gasteiger partial charge in [-0.15, -0.1) is 0 Å². The Balaban J connectivity index is 2.35. The van der Waals surface area contributed by atoms with Gasteiger partial charge in [0.2, 0.25) is 5.95 Å². The standard InChI is InChI=1S/C13H18N4OS/c1-3-9(7-19-2)15-13-16-11-5-4-8(14)6-10(11)12(18)17-13/h4-6,9H,3,7,14H2,1-2H3,(H2,15,16,17,18). The van der Waals surface area contributed by atoms with Crippen LogP contribution in [0.3, 0.4) is 0 Å². The van der Waals surface area contributed by atoms with Gasteiger partial charge in [0, 0.05) is 17.5 Å². The van der Waals surface area contributed by atoms with E-state index in [0.717, 1.165) is 12.2 Å². The summed E-state index contributed by atoms with van der Waals surface area (Å²) in [4.78, 5) is 19.2. The van der Waals surface area contributed by atoms with Gasteiger partial charge in [0.15, 0.2) is 0 Å². The maximum atomic E-state index is 12.0. The minimum Gasteiger partial charge on any atom is -0.399 e. The highest BCUT2D eigenvalue weighted by atomic mass is 32.2. The fraction of sp³-hybridized carbons (Fsp3) is 0.385. The first kappa shape index (κ1) is 13.7. The van der Waals surface area contributed by atoms with Crippen LogP contribution in [-0.4, -0.2) is 28.0 Å². The van der Waals surface area contributed by atoms with Crippen molar-refractivity contribution < 1.29 is 0 Å². The number of anilines is 2. The van der Waals surface area contributed by atoms with Crippen LogP contribution in [0.2, 0.25) is 0 Å². The number of aromatic amines is 1. The number of nitrogens with zero attached hydrogens (tertiary/aromatic N) is 1. The summed E-state index contributed by atoms with van der Waals surface area (Å²) in [6, 6.07) is 5.45. The number of H-pyrrole nitrogens is 1. The van der Waals surface area contributed by atoms with Crippen molar-refractivity contribution in [3.05, 3.63) is 28.6 Å². The molecule has 0 amide bonds. The maximum Gasteiger partial charge on any atom is 0.260 e. The molecule has 102 valence electrons. The Morgan fingerprint density at radius 1 is 1.53 bits per heavy atom. The van der Waals surface area contributed by atoms with E-state index in [1.165, 1.54) is 0 Å². The van der Waals surface area contributed by atoms with Crippen LogP contribution in [0.25, 0.3) is 10.9 Å². The molecule has 0 aliphatic heterocycles. The summed E-state index contributed by atoms with van der Waals surface area (Å²) in [7, 11) is 0. The summed E-state index contributed by atoms with van der Waals surface area (Å²) in [6.45, 7) is 2.10. The molecule has 1 unspecified atom stereocenters. The van der Waals surface area contributed by atoms with Gasteiger partial charge in [-0.1, -0.05) is 6.92 Å². The third-order valence-electron chi connectivity index (χ3n) is 2.93. The normalized spacial score (nSPS) is 12.5. The molecular weight excluding hydrogens is 260 g/mol. The average Bonchev–Trinajstić information content (AvgIpc) is 2.39. The molecule has 0 spiro atoms. The van der Waals surface area contributed by atoms with Gasteiger partial charge >= 0.3 is 0 Å². The second kappa shape index (κ2) is 5.97. The first-order valence-electron chi connectivity index (χ1n) is 6.19. The van der Waals surface area contributed by atoms with Gasteiger partial charge < -0.3 is 11.1 Å². The SMILES string of the molecule is CCC(CSC)Nc1nc2ccc(N)cc2c(=O)[nH]1. The van der Waals surface area contributed by atoms with E-state index in [9.17, 15) is 4.79 Å². The lowest BCUT2D eigenvalue weighted by Gasteiger charge is -2.16. The number of nitrogen functional groups attached to an aromatic ring is 1. The molecule has 0 aliphatic carbocycles. The Hall–Kier alpha value is -1.69. The van der Waals surface area contributed by atoms with Gasteiger partial charge in [0.25, 0.3) is 5.56 Å². The molecule has 2 rings (SSSR count). The number of hydrogen-bond acceptors (Lipinski definition) is 5.